The average Bonchev–Trinajstić information content (AvgIpc) is 3.09. The molecule has 0 aliphatic rings. The van der Waals surface area contributed by atoms with Gasteiger partial charge in [0, 0.05) is 31.5 Å². The number of nitro benzene ring substituents is 1. The summed E-state index contributed by atoms with van der Waals surface area (Å²) in [5.41, 5.74) is 1.39. The summed E-state index contributed by atoms with van der Waals surface area (Å²) in [4.78, 5) is 26.5. The van der Waals surface area contributed by atoms with Crippen LogP contribution < -0.4 is 10.6 Å². The van der Waals surface area contributed by atoms with E-state index >= 15 is 0 Å². The highest BCUT2D eigenvalue weighted by Crippen LogP contribution is 2.25. The second-order valence-electron chi connectivity index (χ2n) is 5.53. The van der Waals surface area contributed by atoms with Gasteiger partial charge in [-0.15, -0.1) is 0 Å². The molecular weight excluding hydrogens is 310 g/mol. The molecule has 2 rings (SSSR count). The second kappa shape index (κ2) is 8.09. The minimum atomic E-state index is -0.399. The van der Waals surface area contributed by atoms with Crippen LogP contribution in [0.1, 0.15) is 24.9 Å². The number of nitro groups is 1. The lowest BCUT2D eigenvalue weighted by molar-refractivity contribution is -0.384. The summed E-state index contributed by atoms with van der Waals surface area (Å²) in [5, 5.41) is 16.9. The lowest BCUT2D eigenvalue weighted by Crippen LogP contribution is -2.32. The quantitative estimate of drug-likeness (QED) is 0.439. The zero-order chi connectivity index (χ0) is 17.5. The van der Waals surface area contributed by atoms with E-state index in [-0.39, 0.29) is 17.6 Å². The van der Waals surface area contributed by atoms with Crippen LogP contribution in [0.4, 0.5) is 11.4 Å². The van der Waals surface area contributed by atoms with Gasteiger partial charge in [-0.25, -0.2) is 4.98 Å². The third kappa shape index (κ3) is 4.55. The molecule has 0 aliphatic heterocycles. The number of amides is 1. The lowest BCUT2D eigenvalue weighted by atomic mass is 10.2. The van der Waals surface area contributed by atoms with Gasteiger partial charge >= 0.3 is 0 Å². The van der Waals surface area contributed by atoms with Crippen LogP contribution in [0, 0.1) is 17.0 Å². The molecule has 0 unspecified atom stereocenters. The van der Waals surface area contributed by atoms with Crippen LogP contribution in [0.5, 0.6) is 0 Å². The Bertz CT molecular complexity index is 700. The average molecular weight is 331 g/mol. The SMILES string of the molecule is Cc1ccc(NCCCNC(=O)[C@@H](C)n2ccnc2)c([N+](=O)[O-])c1. The predicted octanol–water partition coefficient (Wildman–Crippen LogP) is 2.28. The van der Waals surface area contributed by atoms with E-state index in [2.05, 4.69) is 15.6 Å². The Morgan fingerprint density at radius 2 is 2.21 bits per heavy atom. The minimum Gasteiger partial charge on any atom is -0.379 e. The monoisotopic (exact) mass is 331 g/mol. The first kappa shape index (κ1) is 17.5. The molecule has 2 aromatic rings. The van der Waals surface area contributed by atoms with Crippen LogP contribution in [0.15, 0.2) is 36.9 Å². The van der Waals surface area contributed by atoms with Crippen LogP contribution in [-0.4, -0.2) is 33.5 Å². The highest BCUT2D eigenvalue weighted by molar-refractivity contribution is 5.79. The van der Waals surface area contributed by atoms with E-state index in [4.69, 9.17) is 0 Å². The normalized spacial score (nSPS) is 11.8. The number of nitrogens with one attached hydrogen (secondary N) is 2. The fraction of sp³-hybridized carbons (Fsp3) is 0.375. The summed E-state index contributed by atoms with van der Waals surface area (Å²) in [6.07, 6.45) is 5.63. The van der Waals surface area contributed by atoms with Crippen molar-refractivity contribution in [1.29, 1.82) is 0 Å². The zero-order valence-corrected chi connectivity index (χ0v) is 13.7. The fourth-order valence-electron chi connectivity index (χ4n) is 2.25. The number of rotatable bonds is 8. The van der Waals surface area contributed by atoms with Crippen molar-refractivity contribution in [2.24, 2.45) is 0 Å². The maximum Gasteiger partial charge on any atom is 0.292 e. The Morgan fingerprint density at radius 1 is 1.42 bits per heavy atom. The molecule has 0 spiro atoms. The number of imidazole rings is 1. The third-order valence-corrected chi connectivity index (χ3v) is 3.67. The van der Waals surface area contributed by atoms with E-state index in [0.717, 1.165) is 5.56 Å². The van der Waals surface area contributed by atoms with Crippen LogP contribution in [0.2, 0.25) is 0 Å². The number of benzene rings is 1. The fourth-order valence-corrected chi connectivity index (χ4v) is 2.25. The number of hydrogen-bond donors (Lipinski definition) is 2. The van der Waals surface area contributed by atoms with Crippen LogP contribution in [0.3, 0.4) is 0 Å². The van der Waals surface area contributed by atoms with E-state index in [0.29, 0.717) is 25.2 Å². The van der Waals surface area contributed by atoms with Gasteiger partial charge < -0.3 is 15.2 Å². The largest absolute Gasteiger partial charge is 0.379 e. The molecule has 1 amide bonds. The van der Waals surface area contributed by atoms with Crippen molar-refractivity contribution in [3.63, 3.8) is 0 Å². The van der Waals surface area contributed by atoms with Crippen LogP contribution in [0.25, 0.3) is 0 Å². The molecule has 1 aromatic carbocycles. The Labute approximate surface area is 140 Å². The first-order chi connectivity index (χ1) is 11.5. The number of hydrogen-bond acceptors (Lipinski definition) is 5. The molecule has 0 saturated carbocycles. The van der Waals surface area contributed by atoms with Gasteiger partial charge in [0.1, 0.15) is 11.7 Å². The number of carbonyl (C=O) groups is 1. The molecule has 0 bridgehead atoms. The third-order valence-electron chi connectivity index (χ3n) is 3.67. The van der Waals surface area contributed by atoms with Gasteiger partial charge in [-0.05, 0) is 31.9 Å². The highest BCUT2D eigenvalue weighted by Gasteiger charge is 2.14. The molecule has 1 heterocycles. The molecule has 1 aromatic heterocycles. The van der Waals surface area contributed by atoms with Crippen molar-refractivity contribution in [1.82, 2.24) is 14.9 Å². The van der Waals surface area contributed by atoms with Crippen LogP contribution in [-0.2, 0) is 4.79 Å². The van der Waals surface area contributed by atoms with Crippen molar-refractivity contribution < 1.29 is 9.72 Å². The summed E-state index contributed by atoms with van der Waals surface area (Å²) in [6.45, 7) is 4.63. The maximum atomic E-state index is 12.0. The number of carbonyl (C=O) groups excluding carboxylic acids is 1. The molecule has 1 atom stereocenters. The van der Waals surface area contributed by atoms with Crippen LogP contribution >= 0.6 is 0 Å². The van der Waals surface area contributed by atoms with Gasteiger partial charge in [0.15, 0.2) is 0 Å². The highest BCUT2D eigenvalue weighted by atomic mass is 16.6. The molecule has 128 valence electrons. The summed E-state index contributed by atoms with van der Waals surface area (Å²) >= 11 is 0. The number of anilines is 1. The topological polar surface area (TPSA) is 102 Å². The Kier molecular flexibility index (Phi) is 5.89. The standard InChI is InChI=1S/C16H21N5O3/c1-12-4-5-14(15(10-12)21(23)24)18-6-3-7-19-16(22)13(2)20-9-8-17-11-20/h4-5,8-11,13,18H,3,6-7H2,1-2H3,(H,19,22)/t13-/m1/s1. The smallest absolute Gasteiger partial charge is 0.292 e. The van der Waals surface area contributed by atoms with E-state index in [1.807, 2.05) is 13.0 Å². The lowest BCUT2D eigenvalue weighted by Gasteiger charge is -2.13. The van der Waals surface area contributed by atoms with Crippen molar-refractivity contribution in [3.05, 3.63) is 52.6 Å². The molecular formula is C16H21N5O3. The minimum absolute atomic E-state index is 0.0627. The van der Waals surface area contributed by atoms with Gasteiger partial charge in [-0.2, -0.15) is 0 Å². The molecule has 8 heteroatoms. The number of aryl methyl sites for hydroxylation is 1. The molecule has 0 fully saturated rings. The number of nitrogens with zero attached hydrogens (tertiary/aromatic N) is 3. The molecule has 24 heavy (non-hydrogen) atoms. The summed E-state index contributed by atoms with van der Waals surface area (Å²) < 4.78 is 1.73. The van der Waals surface area contributed by atoms with Gasteiger partial charge in [0.2, 0.25) is 5.91 Å². The zero-order valence-electron chi connectivity index (χ0n) is 13.7. The van der Waals surface area contributed by atoms with Gasteiger partial charge in [0.25, 0.3) is 5.69 Å². The Balaban J connectivity index is 1.76. The summed E-state index contributed by atoms with van der Waals surface area (Å²) in [5.74, 6) is -0.0886. The first-order valence-corrected chi connectivity index (χ1v) is 7.73. The Morgan fingerprint density at radius 3 is 2.88 bits per heavy atom. The first-order valence-electron chi connectivity index (χ1n) is 7.73. The van der Waals surface area contributed by atoms with E-state index in [9.17, 15) is 14.9 Å². The van der Waals surface area contributed by atoms with E-state index < -0.39 is 4.92 Å². The van der Waals surface area contributed by atoms with E-state index in [1.165, 1.54) is 6.07 Å². The van der Waals surface area contributed by atoms with Gasteiger partial charge in [-0.3, -0.25) is 14.9 Å². The molecule has 0 saturated heterocycles. The summed E-state index contributed by atoms with van der Waals surface area (Å²) in [7, 11) is 0. The van der Waals surface area contributed by atoms with Crippen molar-refractivity contribution in [3.8, 4) is 0 Å². The number of aromatic nitrogens is 2. The summed E-state index contributed by atoms with van der Waals surface area (Å²) in [6, 6.07) is 4.74. The van der Waals surface area contributed by atoms with Gasteiger partial charge in [-0.1, -0.05) is 6.07 Å². The van der Waals surface area contributed by atoms with Crippen molar-refractivity contribution in [2.75, 3.05) is 18.4 Å². The molecule has 2 N–H and O–H groups in total. The maximum absolute atomic E-state index is 12.0. The van der Waals surface area contributed by atoms with Crippen molar-refractivity contribution in [2.45, 2.75) is 26.3 Å². The Hall–Kier alpha value is -2.90. The van der Waals surface area contributed by atoms with Gasteiger partial charge in [0.05, 0.1) is 11.3 Å². The van der Waals surface area contributed by atoms with E-state index in [1.54, 1.807) is 36.3 Å². The van der Waals surface area contributed by atoms with Crippen molar-refractivity contribution >= 4 is 17.3 Å². The molecule has 8 nitrogen and oxygen atoms in total. The predicted molar refractivity (Wildman–Crippen MR) is 90.9 cm³/mol. The molecule has 0 radical (unpaired) electrons. The second-order valence-corrected chi connectivity index (χ2v) is 5.53. The molecule has 0 aliphatic carbocycles.